The molecule has 3 rings (SSSR count). The molecular weight excluding hydrogens is 248 g/mol. The van der Waals surface area contributed by atoms with Crippen LogP contribution < -0.4 is 0 Å². The fourth-order valence-electron chi connectivity index (χ4n) is 1.99. The molecule has 0 saturated heterocycles. The number of aliphatic hydroxyl groups is 1. The molecule has 0 bridgehead atoms. The third-order valence-corrected chi connectivity index (χ3v) is 4.72. The maximum atomic E-state index is 10.3. The summed E-state index contributed by atoms with van der Waals surface area (Å²) in [6.07, 6.45) is 0.308. The van der Waals surface area contributed by atoms with Crippen molar-refractivity contribution in [2.75, 3.05) is 0 Å². The molecule has 0 radical (unpaired) electrons. The molecule has 3 aromatic rings. The summed E-state index contributed by atoms with van der Waals surface area (Å²) in [6, 6.07) is 12.3. The molecule has 1 nitrogen and oxygen atoms in total. The second-order valence-electron chi connectivity index (χ2n) is 3.99. The zero-order chi connectivity index (χ0) is 11.7. The number of thiophene rings is 2. The minimum absolute atomic E-state index is 0.398. The average molecular weight is 260 g/mol. The molecule has 0 aliphatic heterocycles. The molecular formula is C14H12OS2. The fourth-order valence-corrected chi connectivity index (χ4v) is 3.74. The van der Waals surface area contributed by atoms with Gasteiger partial charge in [-0.25, -0.2) is 0 Å². The predicted octanol–water partition coefficient (Wildman–Crippen LogP) is 4.24. The lowest BCUT2D eigenvalue weighted by molar-refractivity contribution is 0.181. The van der Waals surface area contributed by atoms with Gasteiger partial charge in [-0.1, -0.05) is 24.3 Å². The Morgan fingerprint density at radius 1 is 1.06 bits per heavy atom. The number of fused-ring (bicyclic) bond motifs is 1. The molecule has 2 aromatic heterocycles. The summed E-state index contributed by atoms with van der Waals surface area (Å²) < 4.78 is 1.24. The van der Waals surface area contributed by atoms with E-state index in [1.807, 2.05) is 23.6 Å². The SMILES string of the molecule is OC(Cc1cccs1)c1csc2ccccc12. The summed E-state index contributed by atoms with van der Waals surface area (Å²) in [7, 11) is 0. The van der Waals surface area contributed by atoms with Gasteiger partial charge in [0.1, 0.15) is 0 Å². The van der Waals surface area contributed by atoms with Crippen molar-refractivity contribution in [3.63, 3.8) is 0 Å². The Balaban J connectivity index is 1.93. The molecule has 0 fully saturated rings. The lowest BCUT2D eigenvalue weighted by atomic mass is 10.1. The highest BCUT2D eigenvalue weighted by atomic mass is 32.1. The van der Waals surface area contributed by atoms with Crippen molar-refractivity contribution in [3.8, 4) is 0 Å². The van der Waals surface area contributed by atoms with Crippen LogP contribution in [0.3, 0.4) is 0 Å². The first-order valence-electron chi connectivity index (χ1n) is 5.51. The lowest BCUT2D eigenvalue weighted by Gasteiger charge is -2.08. The standard InChI is InChI=1S/C14H12OS2/c15-13(8-10-4-3-7-16-10)12-9-17-14-6-2-1-5-11(12)14/h1-7,9,13,15H,8H2. The van der Waals surface area contributed by atoms with Crippen LogP contribution in [0.15, 0.2) is 47.2 Å². The minimum Gasteiger partial charge on any atom is -0.388 e. The first-order valence-corrected chi connectivity index (χ1v) is 7.27. The van der Waals surface area contributed by atoms with Crippen molar-refractivity contribution in [1.82, 2.24) is 0 Å². The van der Waals surface area contributed by atoms with Crippen LogP contribution in [0.5, 0.6) is 0 Å². The van der Waals surface area contributed by atoms with E-state index in [4.69, 9.17) is 0 Å². The summed E-state index contributed by atoms with van der Waals surface area (Å²) in [5.74, 6) is 0. The number of hydrogen-bond donors (Lipinski definition) is 1. The summed E-state index contributed by atoms with van der Waals surface area (Å²) >= 11 is 3.40. The van der Waals surface area contributed by atoms with E-state index in [0.717, 1.165) is 5.56 Å². The van der Waals surface area contributed by atoms with Gasteiger partial charge in [-0.3, -0.25) is 0 Å². The van der Waals surface area contributed by atoms with Crippen LogP contribution in [0.4, 0.5) is 0 Å². The van der Waals surface area contributed by atoms with Crippen LogP contribution in [-0.4, -0.2) is 5.11 Å². The quantitative estimate of drug-likeness (QED) is 0.747. The molecule has 2 heterocycles. The van der Waals surface area contributed by atoms with Gasteiger partial charge in [-0.15, -0.1) is 22.7 Å². The second-order valence-corrected chi connectivity index (χ2v) is 5.93. The summed E-state index contributed by atoms with van der Waals surface area (Å²) in [5.41, 5.74) is 1.05. The van der Waals surface area contributed by atoms with E-state index in [9.17, 15) is 5.11 Å². The second kappa shape index (κ2) is 4.61. The molecule has 0 aliphatic carbocycles. The Labute approximate surface area is 108 Å². The van der Waals surface area contributed by atoms with Gasteiger partial charge in [0.2, 0.25) is 0 Å². The van der Waals surface area contributed by atoms with Crippen molar-refractivity contribution in [1.29, 1.82) is 0 Å². The first-order chi connectivity index (χ1) is 8.34. The Hall–Kier alpha value is -1.16. The molecule has 3 heteroatoms. The smallest absolute Gasteiger partial charge is 0.0852 e. The maximum Gasteiger partial charge on any atom is 0.0852 e. The van der Waals surface area contributed by atoms with Gasteiger partial charge in [0.25, 0.3) is 0 Å². The van der Waals surface area contributed by atoms with Crippen molar-refractivity contribution < 1.29 is 5.11 Å². The van der Waals surface area contributed by atoms with Crippen LogP contribution in [0.2, 0.25) is 0 Å². The zero-order valence-electron chi connectivity index (χ0n) is 9.17. The molecule has 0 spiro atoms. The van der Waals surface area contributed by atoms with Gasteiger partial charge in [-0.2, -0.15) is 0 Å². The summed E-state index contributed by atoms with van der Waals surface area (Å²) in [6.45, 7) is 0. The molecule has 1 N–H and O–H groups in total. The van der Waals surface area contributed by atoms with E-state index in [2.05, 4.69) is 23.6 Å². The van der Waals surface area contributed by atoms with E-state index in [0.29, 0.717) is 6.42 Å². The van der Waals surface area contributed by atoms with E-state index in [1.165, 1.54) is 15.0 Å². The number of aliphatic hydroxyl groups excluding tert-OH is 1. The average Bonchev–Trinajstić information content (AvgIpc) is 2.96. The van der Waals surface area contributed by atoms with Crippen LogP contribution >= 0.6 is 22.7 Å². The van der Waals surface area contributed by atoms with E-state index < -0.39 is 6.10 Å². The van der Waals surface area contributed by atoms with Gasteiger partial charge in [0.05, 0.1) is 6.10 Å². The number of benzene rings is 1. The van der Waals surface area contributed by atoms with E-state index in [1.54, 1.807) is 22.7 Å². The highest BCUT2D eigenvalue weighted by Gasteiger charge is 2.13. The lowest BCUT2D eigenvalue weighted by Crippen LogP contribution is -1.99. The van der Waals surface area contributed by atoms with Gasteiger partial charge >= 0.3 is 0 Å². The maximum absolute atomic E-state index is 10.3. The molecule has 0 amide bonds. The highest BCUT2D eigenvalue weighted by Crippen LogP contribution is 2.32. The van der Waals surface area contributed by atoms with Crippen molar-refractivity contribution >= 4 is 32.8 Å². The fraction of sp³-hybridized carbons (Fsp3) is 0.143. The Kier molecular flexibility index (Phi) is 2.97. The van der Waals surface area contributed by atoms with Gasteiger partial charge in [-0.05, 0) is 33.8 Å². The molecule has 0 aliphatic rings. The summed E-state index contributed by atoms with van der Waals surface area (Å²) in [5, 5.41) is 15.6. The Bertz CT molecular complexity index is 610. The summed E-state index contributed by atoms with van der Waals surface area (Å²) in [4.78, 5) is 1.23. The number of rotatable bonds is 3. The zero-order valence-corrected chi connectivity index (χ0v) is 10.8. The van der Waals surface area contributed by atoms with Crippen LogP contribution in [0.1, 0.15) is 16.5 Å². The molecule has 17 heavy (non-hydrogen) atoms. The van der Waals surface area contributed by atoms with Gasteiger partial charge in [0, 0.05) is 16.0 Å². The van der Waals surface area contributed by atoms with E-state index in [-0.39, 0.29) is 0 Å². The molecule has 1 atom stereocenters. The number of hydrogen-bond acceptors (Lipinski definition) is 3. The van der Waals surface area contributed by atoms with E-state index >= 15 is 0 Å². The van der Waals surface area contributed by atoms with Crippen LogP contribution in [-0.2, 0) is 6.42 Å². The van der Waals surface area contributed by atoms with Gasteiger partial charge in [0.15, 0.2) is 0 Å². The third-order valence-electron chi connectivity index (χ3n) is 2.84. The molecule has 1 aromatic carbocycles. The van der Waals surface area contributed by atoms with Crippen molar-refractivity contribution in [3.05, 3.63) is 57.6 Å². The van der Waals surface area contributed by atoms with Crippen LogP contribution in [0.25, 0.3) is 10.1 Å². The molecule has 1 unspecified atom stereocenters. The van der Waals surface area contributed by atoms with Gasteiger partial charge < -0.3 is 5.11 Å². The largest absolute Gasteiger partial charge is 0.388 e. The first kappa shape index (κ1) is 11.0. The highest BCUT2D eigenvalue weighted by molar-refractivity contribution is 7.17. The normalized spacial score (nSPS) is 13.0. The van der Waals surface area contributed by atoms with Crippen LogP contribution in [0, 0.1) is 0 Å². The van der Waals surface area contributed by atoms with Crippen molar-refractivity contribution in [2.45, 2.75) is 12.5 Å². The Morgan fingerprint density at radius 2 is 1.94 bits per heavy atom. The van der Waals surface area contributed by atoms with Crippen molar-refractivity contribution in [2.24, 2.45) is 0 Å². The third kappa shape index (κ3) is 2.14. The minimum atomic E-state index is -0.398. The predicted molar refractivity (Wildman–Crippen MR) is 74.8 cm³/mol. The topological polar surface area (TPSA) is 20.2 Å². The molecule has 86 valence electrons. The Morgan fingerprint density at radius 3 is 2.76 bits per heavy atom. The molecule has 0 saturated carbocycles. The monoisotopic (exact) mass is 260 g/mol.